The van der Waals surface area contributed by atoms with Crippen LogP contribution in [0, 0.1) is 10.1 Å². The van der Waals surface area contributed by atoms with E-state index in [9.17, 15) is 10.1 Å². The van der Waals surface area contributed by atoms with Gasteiger partial charge in [-0.25, -0.2) is 4.98 Å². The van der Waals surface area contributed by atoms with Crippen molar-refractivity contribution in [2.75, 3.05) is 11.9 Å². The van der Waals surface area contributed by atoms with E-state index in [2.05, 4.69) is 31.2 Å². The van der Waals surface area contributed by atoms with Gasteiger partial charge < -0.3 is 14.8 Å². The van der Waals surface area contributed by atoms with Crippen molar-refractivity contribution in [3.8, 4) is 17.4 Å². The first kappa shape index (κ1) is 18.6. The molecule has 1 N–H and O–H groups in total. The van der Waals surface area contributed by atoms with Crippen molar-refractivity contribution >= 4 is 33.1 Å². The first-order valence-electron chi connectivity index (χ1n) is 7.99. The van der Waals surface area contributed by atoms with Crippen LogP contribution in [0.4, 0.5) is 17.2 Å². The number of hydrogen-bond donors (Lipinski definition) is 1. The molecule has 9 heteroatoms. The maximum atomic E-state index is 11.6. The number of halogens is 1. The number of anilines is 2. The third kappa shape index (κ3) is 4.70. The SMILES string of the molecule is CCOc1ccc(Nc2ncnc(Oc3ccc(Br)cc3)c2[N+](=O)[O-])cc1. The van der Waals surface area contributed by atoms with Crippen LogP contribution in [-0.2, 0) is 0 Å². The van der Waals surface area contributed by atoms with Crippen molar-refractivity contribution in [2.45, 2.75) is 6.92 Å². The standard InChI is InChI=1S/C18H15BrN4O4/c1-2-26-14-9-5-13(6-10-14)22-17-16(23(24)25)18(21-11-20-17)27-15-7-3-12(19)4-8-15/h3-11H,2H2,1H3,(H,20,21,22). The zero-order chi connectivity index (χ0) is 19.2. The lowest BCUT2D eigenvalue weighted by Crippen LogP contribution is -2.03. The molecule has 3 aromatic rings. The van der Waals surface area contributed by atoms with Crippen LogP contribution >= 0.6 is 15.9 Å². The first-order chi connectivity index (χ1) is 13.1. The number of nitrogens with one attached hydrogen (secondary N) is 1. The predicted octanol–water partition coefficient (Wildman–Crippen LogP) is 5.08. The Labute approximate surface area is 163 Å². The molecule has 2 aromatic carbocycles. The fourth-order valence-electron chi connectivity index (χ4n) is 2.25. The van der Waals surface area contributed by atoms with E-state index >= 15 is 0 Å². The average Bonchev–Trinajstić information content (AvgIpc) is 2.65. The molecule has 27 heavy (non-hydrogen) atoms. The second-order valence-corrected chi connectivity index (χ2v) is 6.19. The van der Waals surface area contributed by atoms with E-state index in [-0.39, 0.29) is 17.4 Å². The van der Waals surface area contributed by atoms with E-state index in [0.717, 1.165) is 4.47 Å². The van der Waals surface area contributed by atoms with Gasteiger partial charge in [0, 0.05) is 10.2 Å². The van der Waals surface area contributed by atoms with Crippen molar-refractivity contribution in [3.05, 3.63) is 69.4 Å². The minimum Gasteiger partial charge on any atom is -0.494 e. The third-order valence-electron chi connectivity index (χ3n) is 3.43. The number of nitro groups is 1. The minimum absolute atomic E-state index is 0.0336. The van der Waals surface area contributed by atoms with Crippen LogP contribution in [0.1, 0.15) is 6.92 Å². The summed E-state index contributed by atoms with van der Waals surface area (Å²) in [5.41, 5.74) is 0.268. The number of aromatic nitrogens is 2. The summed E-state index contributed by atoms with van der Waals surface area (Å²) < 4.78 is 11.8. The molecule has 1 aromatic heterocycles. The highest BCUT2D eigenvalue weighted by molar-refractivity contribution is 9.10. The van der Waals surface area contributed by atoms with E-state index in [1.807, 2.05) is 6.92 Å². The molecule has 3 rings (SSSR count). The van der Waals surface area contributed by atoms with Gasteiger partial charge in [-0.15, -0.1) is 0 Å². The molecule has 0 spiro atoms. The molecule has 0 atom stereocenters. The maximum absolute atomic E-state index is 11.6. The van der Waals surface area contributed by atoms with E-state index in [4.69, 9.17) is 9.47 Å². The van der Waals surface area contributed by atoms with Crippen LogP contribution in [-0.4, -0.2) is 21.5 Å². The van der Waals surface area contributed by atoms with E-state index < -0.39 is 4.92 Å². The maximum Gasteiger partial charge on any atom is 0.373 e. The van der Waals surface area contributed by atoms with E-state index in [0.29, 0.717) is 23.8 Å². The quantitative estimate of drug-likeness (QED) is 0.411. The number of hydrogen-bond acceptors (Lipinski definition) is 7. The Balaban J connectivity index is 1.88. The fourth-order valence-corrected chi connectivity index (χ4v) is 2.51. The number of rotatable bonds is 7. The molecule has 0 aliphatic carbocycles. The van der Waals surface area contributed by atoms with Gasteiger partial charge in [0.2, 0.25) is 5.82 Å². The van der Waals surface area contributed by atoms with Gasteiger partial charge in [0.15, 0.2) is 0 Å². The van der Waals surface area contributed by atoms with Crippen LogP contribution in [0.2, 0.25) is 0 Å². The van der Waals surface area contributed by atoms with Gasteiger partial charge in [0.25, 0.3) is 0 Å². The Morgan fingerprint density at radius 3 is 2.37 bits per heavy atom. The van der Waals surface area contributed by atoms with Crippen LogP contribution in [0.3, 0.4) is 0 Å². The molecule has 0 saturated heterocycles. The first-order valence-corrected chi connectivity index (χ1v) is 8.79. The summed E-state index contributed by atoms with van der Waals surface area (Å²) in [6.07, 6.45) is 1.21. The van der Waals surface area contributed by atoms with Crippen molar-refractivity contribution < 1.29 is 14.4 Å². The topological polar surface area (TPSA) is 99.4 Å². The second-order valence-electron chi connectivity index (χ2n) is 5.27. The van der Waals surface area contributed by atoms with E-state index in [1.54, 1.807) is 48.5 Å². The lowest BCUT2D eigenvalue weighted by Gasteiger charge is -2.10. The molecule has 0 amide bonds. The summed E-state index contributed by atoms with van der Waals surface area (Å²) >= 11 is 3.32. The molecule has 8 nitrogen and oxygen atoms in total. The monoisotopic (exact) mass is 430 g/mol. The Morgan fingerprint density at radius 2 is 1.74 bits per heavy atom. The molecule has 138 valence electrons. The van der Waals surface area contributed by atoms with Crippen molar-refractivity contribution in [1.29, 1.82) is 0 Å². The summed E-state index contributed by atoms with van der Waals surface area (Å²) in [6, 6.07) is 13.9. The van der Waals surface area contributed by atoms with Gasteiger partial charge in [0.05, 0.1) is 11.5 Å². The van der Waals surface area contributed by atoms with Gasteiger partial charge in [0.1, 0.15) is 17.8 Å². The smallest absolute Gasteiger partial charge is 0.373 e. The summed E-state index contributed by atoms with van der Waals surface area (Å²) in [4.78, 5) is 18.9. The highest BCUT2D eigenvalue weighted by Gasteiger charge is 2.25. The molecule has 0 saturated carbocycles. The Morgan fingerprint density at radius 1 is 1.07 bits per heavy atom. The summed E-state index contributed by atoms with van der Waals surface area (Å²) in [5, 5.41) is 14.5. The largest absolute Gasteiger partial charge is 0.494 e. The van der Waals surface area contributed by atoms with Gasteiger partial charge in [-0.05, 0) is 55.5 Å². The molecular weight excluding hydrogens is 416 g/mol. The number of nitrogens with zero attached hydrogens (tertiary/aromatic N) is 3. The van der Waals surface area contributed by atoms with Crippen LogP contribution in [0.5, 0.6) is 17.4 Å². The molecule has 0 aliphatic heterocycles. The van der Waals surface area contributed by atoms with Crippen molar-refractivity contribution in [1.82, 2.24) is 9.97 Å². The molecular formula is C18H15BrN4O4. The number of benzene rings is 2. The highest BCUT2D eigenvalue weighted by atomic mass is 79.9. The van der Waals surface area contributed by atoms with E-state index in [1.165, 1.54) is 6.33 Å². The zero-order valence-electron chi connectivity index (χ0n) is 14.3. The Bertz CT molecular complexity index is 933. The minimum atomic E-state index is -0.578. The normalized spacial score (nSPS) is 10.3. The van der Waals surface area contributed by atoms with Gasteiger partial charge in [-0.3, -0.25) is 10.1 Å². The van der Waals surface area contributed by atoms with Gasteiger partial charge in [-0.2, -0.15) is 4.98 Å². The van der Waals surface area contributed by atoms with Crippen molar-refractivity contribution in [3.63, 3.8) is 0 Å². The lowest BCUT2D eigenvalue weighted by molar-refractivity contribution is -0.385. The molecule has 0 bridgehead atoms. The fraction of sp³-hybridized carbons (Fsp3) is 0.111. The Hall–Kier alpha value is -3.20. The summed E-state index contributed by atoms with van der Waals surface area (Å²) in [7, 11) is 0. The molecule has 0 unspecified atom stereocenters. The third-order valence-corrected chi connectivity index (χ3v) is 3.96. The van der Waals surface area contributed by atoms with Gasteiger partial charge >= 0.3 is 11.6 Å². The van der Waals surface area contributed by atoms with Crippen molar-refractivity contribution in [2.24, 2.45) is 0 Å². The molecule has 0 fully saturated rings. The van der Waals surface area contributed by atoms with Crippen LogP contribution in [0.15, 0.2) is 59.3 Å². The molecule has 0 aliphatic rings. The van der Waals surface area contributed by atoms with Crippen LogP contribution < -0.4 is 14.8 Å². The highest BCUT2D eigenvalue weighted by Crippen LogP contribution is 2.35. The summed E-state index contributed by atoms with van der Waals surface area (Å²) in [5.74, 6) is 1.02. The second kappa shape index (κ2) is 8.45. The Kier molecular flexibility index (Phi) is 5.82. The van der Waals surface area contributed by atoms with Gasteiger partial charge in [-0.1, -0.05) is 15.9 Å². The predicted molar refractivity (Wildman–Crippen MR) is 104 cm³/mol. The summed E-state index contributed by atoms with van der Waals surface area (Å²) in [6.45, 7) is 2.45. The zero-order valence-corrected chi connectivity index (χ0v) is 15.8. The van der Waals surface area contributed by atoms with Crippen LogP contribution in [0.25, 0.3) is 0 Å². The molecule has 0 radical (unpaired) electrons. The number of ether oxygens (including phenoxy) is 2. The lowest BCUT2D eigenvalue weighted by atomic mass is 10.3. The molecule has 1 heterocycles. The average molecular weight is 431 g/mol.